The van der Waals surface area contributed by atoms with Gasteiger partial charge in [0.25, 0.3) is 5.78 Å². The standard InChI is InChI=1S/C18H19N7/c1-2-16-8-17(25-18(23-16)20-13-22-25)19-9-15-10-21-24(12-15)11-14-6-4-3-5-7-14/h3-8,10,12-13,19H,2,9,11H2,1H3. The highest BCUT2D eigenvalue weighted by Gasteiger charge is 2.07. The van der Waals surface area contributed by atoms with Crippen LogP contribution in [0.15, 0.2) is 55.1 Å². The number of rotatable bonds is 6. The third-order valence-corrected chi connectivity index (χ3v) is 4.01. The summed E-state index contributed by atoms with van der Waals surface area (Å²) in [6, 6.07) is 12.3. The van der Waals surface area contributed by atoms with E-state index < -0.39 is 0 Å². The van der Waals surface area contributed by atoms with Gasteiger partial charge in [-0.15, -0.1) is 0 Å². The van der Waals surface area contributed by atoms with Crippen molar-refractivity contribution in [1.29, 1.82) is 0 Å². The summed E-state index contributed by atoms with van der Waals surface area (Å²) in [5, 5.41) is 12.1. The molecule has 1 N–H and O–H groups in total. The zero-order chi connectivity index (χ0) is 17.1. The van der Waals surface area contributed by atoms with Gasteiger partial charge in [0.15, 0.2) is 0 Å². The van der Waals surface area contributed by atoms with Gasteiger partial charge in [-0.3, -0.25) is 4.68 Å². The molecule has 3 aromatic heterocycles. The van der Waals surface area contributed by atoms with Crippen molar-refractivity contribution in [2.45, 2.75) is 26.4 Å². The van der Waals surface area contributed by atoms with Gasteiger partial charge in [0.2, 0.25) is 0 Å². The van der Waals surface area contributed by atoms with Crippen molar-refractivity contribution >= 4 is 11.6 Å². The molecule has 4 aromatic rings. The number of hydrogen-bond donors (Lipinski definition) is 1. The van der Waals surface area contributed by atoms with Crippen LogP contribution in [0.1, 0.15) is 23.7 Å². The molecular formula is C18H19N7. The first-order chi connectivity index (χ1) is 12.3. The zero-order valence-electron chi connectivity index (χ0n) is 14.0. The Kier molecular flexibility index (Phi) is 4.12. The van der Waals surface area contributed by atoms with Crippen LogP contribution in [0.25, 0.3) is 5.78 Å². The lowest BCUT2D eigenvalue weighted by molar-refractivity contribution is 0.686. The highest BCUT2D eigenvalue weighted by Crippen LogP contribution is 2.13. The molecule has 25 heavy (non-hydrogen) atoms. The molecule has 4 rings (SSSR count). The van der Waals surface area contributed by atoms with Crippen LogP contribution in [0, 0.1) is 0 Å². The first-order valence-electron chi connectivity index (χ1n) is 8.30. The monoisotopic (exact) mass is 333 g/mol. The maximum Gasteiger partial charge on any atom is 0.254 e. The maximum atomic E-state index is 4.45. The molecule has 3 heterocycles. The van der Waals surface area contributed by atoms with Crippen LogP contribution in [0.2, 0.25) is 0 Å². The molecule has 7 nitrogen and oxygen atoms in total. The minimum atomic E-state index is 0.613. The van der Waals surface area contributed by atoms with Gasteiger partial charge in [-0.1, -0.05) is 37.3 Å². The maximum absolute atomic E-state index is 4.45. The Hall–Kier alpha value is -3.22. The second-order valence-corrected chi connectivity index (χ2v) is 5.84. The molecule has 0 unspecified atom stereocenters. The molecule has 126 valence electrons. The van der Waals surface area contributed by atoms with Crippen LogP contribution in [-0.4, -0.2) is 29.4 Å². The van der Waals surface area contributed by atoms with Crippen molar-refractivity contribution < 1.29 is 0 Å². The smallest absolute Gasteiger partial charge is 0.254 e. The van der Waals surface area contributed by atoms with Crippen LogP contribution in [-0.2, 0) is 19.5 Å². The molecule has 0 radical (unpaired) electrons. The quantitative estimate of drug-likeness (QED) is 0.587. The SMILES string of the molecule is CCc1cc(NCc2cnn(Cc3ccccc3)c2)n2ncnc2n1. The van der Waals surface area contributed by atoms with Crippen LogP contribution < -0.4 is 5.32 Å². The average molecular weight is 333 g/mol. The minimum absolute atomic E-state index is 0.613. The normalized spacial score (nSPS) is 11.1. The summed E-state index contributed by atoms with van der Waals surface area (Å²) in [6.45, 7) is 3.51. The Bertz CT molecular complexity index is 971. The number of aromatic nitrogens is 6. The van der Waals surface area contributed by atoms with Gasteiger partial charge in [-0.05, 0) is 12.0 Å². The van der Waals surface area contributed by atoms with Crippen molar-refractivity contribution in [3.8, 4) is 0 Å². The molecule has 0 saturated carbocycles. The number of aryl methyl sites for hydroxylation is 1. The second kappa shape index (κ2) is 6.72. The summed E-state index contributed by atoms with van der Waals surface area (Å²) in [5.41, 5.74) is 3.33. The number of nitrogens with one attached hydrogen (secondary N) is 1. The Morgan fingerprint density at radius 3 is 2.80 bits per heavy atom. The Balaban J connectivity index is 1.48. The lowest BCUT2D eigenvalue weighted by Gasteiger charge is -2.08. The van der Waals surface area contributed by atoms with Gasteiger partial charge in [0, 0.05) is 30.1 Å². The molecule has 0 amide bonds. The van der Waals surface area contributed by atoms with Crippen LogP contribution in [0.4, 0.5) is 5.82 Å². The van der Waals surface area contributed by atoms with Gasteiger partial charge in [0.05, 0.1) is 12.7 Å². The fourth-order valence-electron chi connectivity index (χ4n) is 2.72. The number of hydrogen-bond acceptors (Lipinski definition) is 5. The van der Waals surface area contributed by atoms with Crippen molar-refractivity contribution in [3.05, 3.63) is 71.9 Å². The molecule has 0 bridgehead atoms. The molecule has 1 aromatic carbocycles. The van der Waals surface area contributed by atoms with Crippen molar-refractivity contribution in [2.75, 3.05) is 5.32 Å². The molecule has 7 heteroatoms. The summed E-state index contributed by atoms with van der Waals surface area (Å²) in [5.74, 6) is 1.50. The largest absolute Gasteiger partial charge is 0.366 e. The van der Waals surface area contributed by atoms with Crippen LogP contribution in [0.3, 0.4) is 0 Å². The van der Waals surface area contributed by atoms with E-state index in [2.05, 4.69) is 50.7 Å². The molecule has 0 spiro atoms. The third-order valence-electron chi connectivity index (χ3n) is 4.01. The topological polar surface area (TPSA) is 72.9 Å². The van der Waals surface area contributed by atoms with E-state index in [4.69, 9.17) is 0 Å². The van der Waals surface area contributed by atoms with E-state index in [1.54, 1.807) is 4.52 Å². The fourth-order valence-corrected chi connectivity index (χ4v) is 2.72. The number of nitrogens with zero attached hydrogens (tertiary/aromatic N) is 6. The van der Waals surface area contributed by atoms with Gasteiger partial charge in [-0.25, -0.2) is 4.98 Å². The second-order valence-electron chi connectivity index (χ2n) is 5.84. The highest BCUT2D eigenvalue weighted by atomic mass is 15.4. The van der Waals surface area contributed by atoms with Crippen LogP contribution >= 0.6 is 0 Å². The average Bonchev–Trinajstić information content (AvgIpc) is 3.29. The number of benzene rings is 1. The summed E-state index contributed by atoms with van der Waals surface area (Å²) in [6.07, 6.45) is 6.31. The first kappa shape index (κ1) is 15.3. The van der Waals surface area contributed by atoms with E-state index >= 15 is 0 Å². The van der Waals surface area contributed by atoms with Gasteiger partial charge >= 0.3 is 0 Å². The number of fused-ring (bicyclic) bond motifs is 1. The van der Waals surface area contributed by atoms with E-state index in [0.717, 1.165) is 30.0 Å². The molecule has 0 saturated heterocycles. The molecule has 0 aliphatic rings. The van der Waals surface area contributed by atoms with E-state index in [1.165, 1.54) is 11.9 Å². The molecule has 0 aliphatic heterocycles. The van der Waals surface area contributed by atoms with E-state index in [1.807, 2.05) is 35.1 Å². The lowest BCUT2D eigenvalue weighted by atomic mass is 10.2. The zero-order valence-corrected chi connectivity index (χ0v) is 14.0. The predicted molar refractivity (Wildman–Crippen MR) is 95.3 cm³/mol. The van der Waals surface area contributed by atoms with Crippen LogP contribution in [0.5, 0.6) is 0 Å². The summed E-state index contributed by atoms with van der Waals surface area (Å²) in [7, 11) is 0. The minimum Gasteiger partial charge on any atom is -0.366 e. The van der Waals surface area contributed by atoms with Gasteiger partial charge in [0.1, 0.15) is 12.1 Å². The molecule has 0 fully saturated rings. The Morgan fingerprint density at radius 1 is 1.08 bits per heavy atom. The van der Waals surface area contributed by atoms with Gasteiger partial charge in [-0.2, -0.15) is 19.7 Å². The summed E-state index contributed by atoms with van der Waals surface area (Å²) >= 11 is 0. The van der Waals surface area contributed by atoms with Crippen molar-refractivity contribution in [2.24, 2.45) is 0 Å². The van der Waals surface area contributed by atoms with E-state index in [-0.39, 0.29) is 0 Å². The van der Waals surface area contributed by atoms with Gasteiger partial charge < -0.3 is 5.32 Å². The third kappa shape index (κ3) is 3.35. The lowest BCUT2D eigenvalue weighted by Crippen LogP contribution is -2.07. The Labute approximate surface area is 145 Å². The predicted octanol–water partition coefficient (Wildman–Crippen LogP) is 2.54. The number of anilines is 1. The highest BCUT2D eigenvalue weighted by molar-refractivity contribution is 5.45. The van der Waals surface area contributed by atoms with Crippen molar-refractivity contribution in [3.63, 3.8) is 0 Å². The summed E-state index contributed by atoms with van der Waals surface area (Å²) < 4.78 is 3.66. The molecule has 0 aliphatic carbocycles. The molecular weight excluding hydrogens is 314 g/mol. The van der Waals surface area contributed by atoms with E-state index in [9.17, 15) is 0 Å². The molecule has 0 atom stereocenters. The first-order valence-corrected chi connectivity index (χ1v) is 8.30. The Morgan fingerprint density at radius 2 is 1.96 bits per heavy atom. The van der Waals surface area contributed by atoms with E-state index in [0.29, 0.717) is 12.3 Å². The summed E-state index contributed by atoms with van der Waals surface area (Å²) in [4.78, 5) is 8.63. The van der Waals surface area contributed by atoms with Crippen molar-refractivity contribution in [1.82, 2.24) is 29.4 Å². The fraction of sp³-hybridized carbons (Fsp3) is 0.222.